The number of benzene rings is 1. The Kier molecular flexibility index (Phi) is 3.56. The van der Waals surface area contributed by atoms with Gasteiger partial charge in [0.15, 0.2) is 0 Å². The largest absolute Gasteiger partial charge is 0.389 e. The second kappa shape index (κ2) is 4.77. The van der Waals surface area contributed by atoms with Crippen molar-refractivity contribution in [2.45, 2.75) is 44.6 Å². The molecule has 0 aromatic heterocycles. The van der Waals surface area contributed by atoms with Crippen LogP contribution in [0.15, 0.2) is 24.3 Å². The zero-order valence-electron chi connectivity index (χ0n) is 9.75. The summed E-state index contributed by atoms with van der Waals surface area (Å²) in [5, 5.41) is 11.4. The van der Waals surface area contributed by atoms with Crippen LogP contribution in [-0.2, 0) is 6.42 Å². The maximum atomic E-state index is 10.7. The van der Waals surface area contributed by atoms with Crippen LogP contribution >= 0.6 is 11.6 Å². The number of hydrogen-bond donors (Lipinski definition) is 1. The zero-order valence-corrected chi connectivity index (χ0v) is 10.5. The van der Waals surface area contributed by atoms with Crippen LogP contribution < -0.4 is 0 Å². The summed E-state index contributed by atoms with van der Waals surface area (Å²) in [6.07, 6.45) is 5.09. The molecule has 1 aromatic carbocycles. The topological polar surface area (TPSA) is 20.2 Å². The second-order valence-electron chi connectivity index (χ2n) is 5.02. The smallest absolute Gasteiger partial charge is 0.0713 e. The third-order valence-electron chi connectivity index (χ3n) is 3.87. The summed E-state index contributed by atoms with van der Waals surface area (Å²) in [5.74, 6) is 0.373. The third-order valence-corrected chi connectivity index (χ3v) is 4.24. The van der Waals surface area contributed by atoms with E-state index in [9.17, 15) is 5.11 Å². The summed E-state index contributed by atoms with van der Waals surface area (Å²) in [7, 11) is 0. The molecular formula is C14H19ClO. The Hall–Kier alpha value is -0.530. The number of rotatable bonds is 2. The van der Waals surface area contributed by atoms with Gasteiger partial charge in [0.1, 0.15) is 0 Å². The van der Waals surface area contributed by atoms with Crippen molar-refractivity contribution in [1.29, 1.82) is 0 Å². The minimum atomic E-state index is -0.552. The first-order valence-corrected chi connectivity index (χ1v) is 6.45. The van der Waals surface area contributed by atoms with E-state index in [-0.39, 0.29) is 0 Å². The van der Waals surface area contributed by atoms with Gasteiger partial charge in [-0.15, -0.1) is 0 Å². The molecule has 1 nitrogen and oxygen atoms in total. The summed E-state index contributed by atoms with van der Waals surface area (Å²) >= 11 is 6.14. The molecule has 2 heteroatoms. The molecular weight excluding hydrogens is 220 g/mol. The van der Waals surface area contributed by atoms with Gasteiger partial charge in [-0.1, -0.05) is 49.6 Å². The van der Waals surface area contributed by atoms with Gasteiger partial charge in [0.25, 0.3) is 0 Å². The molecule has 0 amide bonds. The molecule has 1 saturated carbocycles. The van der Waals surface area contributed by atoms with E-state index in [2.05, 4.69) is 6.92 Å². The summed E-state index contributed by atoms with van der Waals surface area (Å²) in [4.78, 5) is 0. The van der Waals surface area contributed by atoms with Crippen molar-refractivity contribution in [1.82, 2.24) is 0 Å². The van der Waals surface area contributed by atoms with Gasteiger partial charge in [-0.2, -0.15) is 0 Å². The molecule has 0 saturated heterocycles. The first-order valence-electron chi connectivity index (χ1n) is 6.07. The maximum Gasteiger partial charge on any atom is 0.0713 e. The van der Waals surface area contributed by atoms with E-state index >= 15 is 0 Å². The highest BCUT2D eigenvalue weighted by atomic mass is 35.5. The van der Waals surface area contributed by atoms with Crippen LogP contribution in [0.3, 0.4) is 0 Å². The Balaban J connectivity index is 2.16. The van der Waals surface area contributed by atoms with Crippen LogP contribution in [0, 0.1) is 5.92 Å². The lowest BCUT2D eigenvalue weighted by molar-refractivity contribution is -0.0405. The first kappa shape index (κ1) is 11.9. The van der Waals surface area contributed by atoms with Crippen molar-refractivity contribution in [3.8, 4) is 0 Å². The van der Waals surface area contributed by atoms with Gasteiger partial charge in [0, 0.05) is 11.4 Å². The summed E-state index contributed by atoms with van der Waals surface area (Å²) in [6.45, 7) is 2.15. The molecule has 0 heterocycles. The Bertz CT molecular complexity index is 364. The van der Waals surface area contributed by atoms with Crippen LogP contribution in [0.4, 0.5) is 0 Å². The Morgan fingerprint density at radius 3 is 2.81 bits per heavy atom. The van der Waals surface area contributed by atoms with Crippen LogP contribution in [0.1, 0.15) is 38.2 Å². The van der Waals surface area contributed by atoms with Crippen molar-refractivity contribution in [2.24, 2.45) is 5.92 Å². The first-order chi connectivity index (χ1) is 7.62. The number of halogens is 1. The lowest BCUT2D eigenvalue weighted by Crippen LogP contribution is -2.41. The third kappa shape index (κ3) is 2.41. The van der Waals surface area contributed by atoms with Crippen molar-refractivity contribution >= 4 is 11.6 Å². The van der Waals surface area contributed by atoms with Gasteiger partial charge >= 0.3 is 0 Å². The number of aliphatic hydroxyl groups is 1. The van der Waals surface area contributed by atoms with Crippen LogP contribution in [0.2, 0.25) is 5.02 Å². The molecule has 1 fully saturated rings. The molecule has 0 spiro atoms. The fourth-order valence-electron chi connectivity index (χ4n) is 2.63. The van der Waals surface area contributed by atoms with Gasteiger partial charge in [-0.3, -0.25) is 0 Å². The van der Waals surface area contributed by atoms with Crippen molar-refractivity contribution in [2.75, 3.05) is 0 Å². The Labute approximate surface area is 102 Å². The lowest BCUT2D eigenvalue weighted by atomic mass is 9.73. The number of hydrogen-bond acceptors (Lipinski definition) is 1. The van der Waals surface area contributed by atoms with E-state index in [1.807, 2.05) is 24.3 Å². The van der Waals surface area contributed by atoms with Gasteiger partial charge in [0.2, 0.25) is 0 Å². The average molecular weight is 239 g/mol. The minimum absolute atomic E-state index is 0.373. The highest BCUT2D eigenvalue weighted by Gasteiger charge is 2.36. The van der Waals surface area contributed by atoms with Crippen molar-refractivity contribution in [3.63, 3.8) is 0 Å². The molecule has 0 bridgehead atoms. The van der Waals surface area contributed by atoms with Gasteiger partial charge < -0.3 is 5.11 Å². The summed E-state index contributed by atoms with van der Waals surface area (Å²) in [5.41, 5.74) is 0.517. The second-order valence-corrected chi connectivity index (χ2v) is 5.43. The molecule has 2 atom stereocenters. The molecule has 1 aliphatic rings. The fourth-order valence-corrected chi connectivity index (χ4v) is 2.83. The molecule has 1 N–H and O–H groups in total. The van der Waals surface area contributed by atoms with E-state index < -0.39 is 5.60 Å². The molecule has 88 valence electrons. The molecule has 2 rings (SSSR count). The maximum absolute atomic E-state index is 10.7. The summed E-state index contributed by atoms with van der Waals surface area (Å²) in [6, 6.07) is 7.83. The van der Waals surface area contributed by atoms with Gasteiger partial charge in [0.05, 0.1) is 5.60 Å². The Morgan fingerprint density at radius 2 is 2.12 bits per heavy atom. The summed E-state index contributed by atoms with van der Waals surface area (Å²) < 4.78 is 0. The van der Waals surface area contributed by atoms with Gasteiger partial charge in [-0.05, 0) is 30.4 Å². The molecule has 1 aromatic rings. The normalized spacial score (nSPS) is 30.3. The molecule has 2 unspecified atom stereocenters. The van der Waals surface area contributed by atoms with E-state index in [1.54, 1.807) is 0 Å². The van der Waals surface area contributed by atoms with Gasteiger partial charge in [-0.25, -0.2) is 0 Å². The minimum Gasteiger partial charge on any atom is -0.389 e. The Morgan fingerprint density at radius 1 is 1.38 bits per heavy atom. The predicted molar refractivity (Wildman–Crippen MR) is 67.7 cm³/mol. The van der Waals surface area contributed by atoms with Crippen LogP contribution in [0.5, 0.6) is 0 Å². The average Bonchev–Trinajstić information content (AvgIpc) is 2.26. The highest BCUT2D eigenvalue weighted by Crippen LogP contribution is 2.37. The molecule has 16 heavy (non-hydrogen) atoms. The predicted octanol–water partition coefficient (Wildman–Crippen LogP) is 3.82. The molecule has 1 aliphatic carbocycles. The van der Waals surface area contributed by atoms with Crippen LogP contribution in [0.25, 0.3) is 0 Å². The van der Waals surface area contributed by atoms with E-state index in [4.69, 9.17) is 11.6 Å². The lowest BCUT2D eigenvalue weighted by Gasteiger charge is -2.38. The SMILES string of the molecule is CC1CCCCC1(O)Cc1ccccc1Cl. The van der Waals surface area contributed by atoms with Crippen molar-refractivity contribution < 1.29 is 5.11 Å². The highest BCUT2D eigenvalue weighted by molar-refractivity contribution is 6.31. The monoisotopic (exact) mass is 238 g/mol. The van der Waals surface area contributed by atoms with E-state index in [0.29, 0.717) is 12.3 Å². The van der Waals surface area contributed by atoms with E-state index in [1.165, 1.54) is 6.42 Å². The standard InChI is InChI=1S/C14H19ClO/c1-11-6-4-5-9-14(11,16)10-12-7-2-3-8-13(12)15/h2-3,7-8,11,16H,4-6,9-10H2,1H3. The fraction of sp³-hybridized carbons (Fsp3) is 0.571. The zero-order chi connectivity index (χ0) is 11.6. The molecule has 0 radical (unpaired) electrons. The van der Waals surface area contributed by atoms with Crippen LogP contribution in [-0.4, -0.2) is 10.7 Å². The quantitative estimate of drug-likeness (QED) is 0.831. The van der Waals surface area contributed by atoms with E-state index in [0.717, 1.165) is 29.8 Å². The molecule has 0 aliphatic heterocycles. The van der Waals surface area contributed by atoms with Crippen molar-refractivity contribution in [3.05, 3.63) is 34.9 Å².